The van der Waals surface area contributed by atoms with E-state index in [0.29, 0.717) is 16.1 Å². The summed E-state index contributed by atoms with van der Waals surface area (Å²) >= 11 is 1.08. The fourth-order valence-electron chi connectivity index (χ4n) is 4.18. The molecule has 12 nitrogen and oxygen atoms in total. The highest BCUT2D eigenvalue weighted by molar-refractivity contribution is 7.19. The lowest BCUT2D eigenvalue weighted by atomic mass is 9.87. The number of carbonyl (C=O) groups excluding carboxylic acids is 3. The van der Waals surface area contributed by atoms with E-state index >= 15 is 0 Å². The number of hydrogen-bond acceptors (Lipinski definition) is 10. The van der Waals surface area contributed by atoms with Crippen LogP contribution in [0.1, 0.15) is 42.0 Å². The first kappa shape index (κ1) is 29.6. The summed E-state index contributed by atoms with van der Waals surface area (Å²) in [5.74, 6) is -1.12. The van der Waals surface area contributed by atoms with Gasteiger partial charge in [0.2, 0.25) is 11.9 Å². The molecular weight excluding hydrogens is 565 g/mol. The number of hydrogen-bond donors (Lipinski definition) is 3. The van der Waals surface area contributed by atoms with Crippen LogP contribution in [0.15, 0.2) is 30.7 Å². The predicted molar refractivity (Wildman–Crippen MR) is 143 cm³/mol. The molecular formula is C25H27F3N8O4S. The van der Waals surface area contributed by atoms with Gasteiger partial charge in [-0.2, -0.15) is 13.2 Å². The van der Waals surface area contributed by atoms with E-state index in [1.807, 2.05) is 0 Å². The second-order valence-electron chi connectivity index (χ2n) is 9.85. The number of urea groups is 1. The van der Waals surface area contributed by atoms with Crippen LogP contribution in [0.5, 0.6) is 0 Å². The zero-order chi connectivity index (χ0) is 30.1. The largest absolute Gasteiger partial charge is 0.465 e. The molecule has 4 N–H and O–H groups in total. The molecule has 3 aromatic rings. The first-order valence-electron chi connectivity index (χ1n) is 12.3. The van der Waals surface area contributed by atoms with E-state index in [4.69, 9.17) is 5.73 Å². The highest BCUT2D eigenvalue weighted by Crippen LogP contribution is 2.41. The van der Waals surface area contributed by atoms with E-state index in [2.05, 4.69) is 35.3 Å². The number of nitrogens with zero attached hydrogens (tertiary/aromatic N) is 5. The topological polar surface area (TPSA) is 165 Å². The third-order valence-electron chi connectivity index (χ3n) is 6.68. The van der Waals surface area contributed by atoms with Crippen LogP contribution >= 0.6 is 11.3 Å². The Morgan fingerprint density at radius 1 is 1.17 bits per heavy atom. The van der Waals surface area contributed by atoms with Gasteiger partial charge in [-0.05, 0) is 44.9 Å². The van der Waals surface area contributed by atoms with Crippen LogP contribution in [0.25, 0.3) is 10.4 Å². The quantitative estimate of drug-likeness (QED) is 0.348. The molecule has 0 saturated carbocycles. The lowest BCUT2D eigenvalue weighted by Gasteiger charge is -2.27. The lowest BCUT2D eigenvalue weighted by Crippen LogP contribution is -2.45. The summed E-state index contributed by atoms with van der Waals surface area (Å²) in [6.45, 7) is 3.87. The maximum atomic E-state index is 13.6. The average Bonchev–Trinajstić information content (AvgIpc) is 3.51. The number of nitrogens with one attached hydrogen (secondary N) is 2. The summed E-state index contributed by atoms with van der Waals surface area (Å²) in [6.07, 6.45) is -0.452. The number of alkyl halides is 3. The minimum absolute atomic E-state index is 0.0823. The number of anilines is 2. The number of likely N-dealkylation sites (tertiary alicyclic amines) is 1. The monoisotopic (exact) mass is 592 g/mol. The van der Waals surface area contributed by atoms with Crippen molar-refractivity contribution >= 4 is 40.3 Å². The van der Waals surface area contributed by atoms with Gasteiger partial charge in [0.1, 0.15) is 11.5 Å². The zero-order valence-electron chi connectivity index (χ0n) is 22.4. The van der Waals surface area contributed by atoms with Gasteiger partial charge >= 0.3 is 18.2 Å². The maximum Gasteiger partial charge on any atom is 0.399 e. The number of ether oxygens (including phenoxy) is 1. The summed E-state index contributed by atoms with van der Waals surface area (Å²) in [4.78, 5) is 55.1. The third kappa shape index (κ3) is 6.21. The Balaban J connectivity index is 1.48. The SMILES string of the molecule is COC(=O)c1cnc(N[C@@H]2C[C@@H](C(N)=O)N(C(=O)Nc3nc(C)c(-c4ccnc(C(C)(C)C(F)(F)F)c4)s3)C2)nc1. The Bertz CT molecular complexity index is 1460. The fourth-order valence-corrected chi connectivity index (χ4v) is 5.14. The van der Waals surface area contributed by atoms with Crippen molar-refractivity contribution < 1.29 is 32.3 Å². The molecule has 0 radical (unpaired) electrons. The summed E-state index contributed by atoms with van der Waals surface area (Å²) < 4.78 is 45.3. The number of methoxy groups -OCH3 is 1. The number of nitrogens with two attached hydrogens (primary N) is 1. The summed E-state index contributed by atoms with van der Waals surface area (Å²) in [7, 11) is 1.23. The van der Waals surface area contributed by atoms with Crippen molar-refractivity contribution in [1.29, 1.82) is 0 Å². The van der Waals surface area contributed by atoms with Crippen molar-refractivity contribution in [3.63, 3.8) is 0 Å². The summed E-state index contributed by atoms with van der Waals surface area (Å²) in [5, 5.41) is 5.87. The number of primary amides is 1. The molecule has 218 valence electrons. The van der Waals surface area contributed by atoms with Crippen molar-refractivity contribution in [3.8, 4) is 10.4 Å². The van der Waals surface area contributed by atoms with Crippen LogP contribution in [0.4, 0.5) is 29.0 Å². The van der Waals surface area contributed by atoms with E-state index in [-0.39, 0.29) is 35.3 Å². The highest BCUT2D eigenvalue weighted by Gasteiger charge is 2.49. The van der Waals surface area contributed by atoms with E-state index < -0.39 is 41.6 Å². The number of aromatic nitrogens is 4. The molecule has 0 unspecified atom stereocenters. The fraction of sp³-hybridized carbons (Fsp3) is 0.400. The number of halogens is 3. The van der Waals surface area contributed by atoms with Crippen LogP contribution in [-0.2, 0) is 14.9 Å². The van der Waals surface area contributed by atoms with Gasteiger partial charge in [-0.1, -0.05) is 11.3 Å². The third-order valence-corrected chi connectivity index (χ3v) is 7.80. The van der Waals surface area contributed by atoms with Gasteiger partial charge < -0.3 is 20.7 Å². The summed E-state index contributed by atoms with van der Waals surface area (Å²) in [5.41, 5.74) is 4.36. The molecule has 1 aliphatic heterocycles. The number of carbonyl (C=O) groups is 3. The van der Waals surface area contributed by atoms with E-state index in [9.17, 15) is 27.6 Å². The number of thiazole rings is 1. The molecule has 1 saturated heterocycles. The van der Waals surface area contributed by atoms with E-state index in [1.165, 1.54) is 36.7 Å². The standard InChI is InChI=1S/C25H27F3N8O4S/c1-12-18(13-5-6-30-17(7-13)24(2,3)25(26,27)28)41-22(33-12)35-23(39)36-11-15(8-16(36)19(29)37)34-21-31-9-14(10-32-21)20(38)40-4/h5-7,9-10,15-16H,8,11H2,1-4H3,(H2,29,37)(H,31,32,34)(H,33,35,39)/t15-,16+/m1/s1. The zero-order valence-corrected chi connectivity index (χ0v) is 23.3. The smallest absolute Gasteiger partial charge is 0.399 e. The van der Waals surface area contributed by atoms with Gasteiger partial charge in [0.05, 0.1) is 28.9 Å². The van der Waals surface area contributed by atoms with Crippen LogP contribution in [0, 0.1) is 6.92 Å². The van der Waals surface area contributed by atoms with Crippen LogP contribution < -0.4 is 16.4 Å². The molecule has 41 heavy (non-hydrogen) atoms. The molecule has 0 aromatic carbocycles. The number of aryl methyl sites for hydroxylation is 1. The van der Waals surface area contributed by atoms with E-state index in [1.54, 1.807) is 13.0 Å². The van der Waals surface area contributed by atoms with Gasteiger partial charge in [0.15, 0.2) is 5.13 Å². The van der Waals surface area contributed by atoms with Crippen LogP contribution in [0.3, 0.4) is 0 Å². The Kier molecular flexibility index (Phi) is 8.15. The minimum atomic E-state index is -4.50. The first-order chi connectivity index (χ1) is 19.2. The molecule has 16 heteroatoms. The van der Waals surface area contributed by atoms with Crippen LogP contribution in [-0.4, -0.2) is 74.7 Å². The molecule has 0 bridgehead atoms. The Morgan fingerprint density at radius 2 is 1.85 bits per heavy atom. The molecule has 4 heterocycles. The second kappa shape index (κ2) is 11.3. The highest BCUT2D eigenvalue weighted by atomic mass is 32.1. The molecule has 3 amide bonds. The van der Waals surface area contributed by atoms with Crippen LogP contribution in [0.2, 0.25) is 0 Å². The van der Waals surface area contributed by atoms with Gasteiger partial charge in [-0.3, -0.25) is 15.1 Å². The molecule has 3 aromatic heterocycles. The maximum absolute atomic E-state index is 13.6. The van der Waals surface area contributed by atoms with Crippen molar-refractivity contribution in [2.75, 3.05) is 24.3 Å². The van der Waals surface area contributed by atoms with Crippen molar-refractivity contribution in [3.05, 3.63) is 47.7 Å². The van der Waals surface area contributed by atoms with Crippen molar-refractivity contribution in [1.82, 2.24) is 24.8 Å². The number of amides is 3. The average molecular weight is 593 g/mol. The Morgan fingerprint density at radius 3 is 2.46 bits per heavy atom. The number of rotatable bonds is 7. The van der Waals surface area contributed by atoms with Gasteiger partial charge in [0.25, 0.3) is 0 Å². The van der Waals surface area contributed by atoms with Crippen molar-refractivity contribution in [2.45, 2.75) is 50.9 Å². The first-order valence-corrected chi connectivity index (χ1v) is 13.1. The summed E-state index contributed by atoms with van der Waals surface area (Å²) in [6, 6.07) is 0.938. The lowest BCUT2D eigenvalue weighted by molar-refractivity contribution is -0.181. The van der Waals surface area contributed by atoms with Crippen molar-refractivity contribution in [2.24, 2.45) is 5.73 Å². The predicted octanol–water partition coefficient (Wildman–Crippen LogP) is 3.50. The molecule has 1 fully saturated rings. The van der Waals surface area contributed by atoms with Gasteiger partial charge in [-0.15, -0.1) is 0 Å². The number of pyridine rings is 1. The number of esters is 1. The normalized spacial score (nSPS) is 17.3. The Labute approximate surface area is 236 Å². The molecule has 2 atom stereocenters. The second-order valence-corrected chi connectivity index (χ2v) is 10.8. The van der Waals surface area contributed by atoms with E-state index in [0.717, 1.165) is 25.2 Å². The molecule has 0 spiro atoms. The molecule has 1 aliphatic rings. The minimum Gasteiger partial charge on any atom is -0.465 e. The Hall–Kier alpha value is -4.34. The molecule has 0 aliphatic carbocycles. The molecule has 4 rings (SSSR count). The van der Waals surface area contributed by atoms with Gasteiger partial charge in [-0.25, -0.2) is 24.5 Å². The van der Waals surface area contributed by atoms with Gasteiger partial charge in [0, 0.05) is 31.2 Å².